The van der Waals surface area contributed by atoms with E-state index < -0.39 is 26.1 Å². The minimum Gasteiger partial charge on any atom is -0.423 e. The molecule has 0 saturated carbocycles. The zero-order valence-electron chi connectivity index (χ0n) is 8.90. The number of halogens is 2. The van der Waals surface area contributed by atoms with Crippen LogP contribution in [0.15, 0.2) is 23.4 Å². The van der Waals surface area contributed by atoms with Crippen LogP contribution in [0.3, 0.4) is 0 Å². The maximum atomic E-state index is 13.0. The third-order valence-electron chi connectivity index (χ3n) is 2.89. The Hall–Kier alpha value is -1.34. The van der Waals surface area contributed by atoms with E-state index in [0.717, 1.165) is 0 Å². The third kappa shape index (κ3) is 1.85. The van der Waals surface area contributed by atoms with Crippen LogP contribution < -0.4 is 5.46 Å². The molecule has 0 radical (unpaired) electrons. The van der Waals surface area contributed by atoms with Gasteiger partial charge >= 0.3 is 7.12 Å². The summed E-state index contributed by atoms with van der Waals surface area (Å²) in [6, 6.07) is 4.51. The molecule has 1 aromatic carbocycles. The lowest BCUT2D eigenvalue weighted by Gasteiger charge is -2.23. The number of fused-ring (bicyclic) bond motifs is 1. The van der Waals surface area contributed by atoms with Crippen molar-refractivity contribution in [3.8, 4) is 0 Å². The zero-order chi connectivity index (χ0) is 12.5. The summed E-state index contributed by atoms with van der Waals surface area (Å²) in [7, 11) is -1.34. The van der Waals surface area contributed by atoms with Gasteiger partial charge in [-0.15, -0.1) is 0 Å². The smallest absolute Gasteiger partial charge is 0.423 e. The van der Waals surface area contributed by atoms with Gasteiger partial charge in [-0.1, -0.05) is 23.4 Å². The molecule has 90 valence electrons. The highest BCUT2D eigenvalue weighted by Gasteiger charge is 2.47. The molecule has 1 aliphatic heterocycles. The summed E-state index contributed by atoms with van der Waals surface area (Å²) in [5.74, 6) is 0. The molecule has 0 spiro atoms. The molecule has 0 saturated heterocycles. The first-order valence-corrected chi connectivity index (χ1v) is 5.07. The molecular formula is C10H10BF2NO3. The predicted octanol–water partition coefficient (Wildman–Crippen LogP) is 0.805. The van der Waals surface area contributed by atoms with Crippen LogP contribution in [-0.4, -0.2) is 25.5 Å². The Bertz CT molecular complexity index is 440. The minimum atomic E-state index is -1.76. The van der Waals surface area contributed by atoms with E-state index in [2.05, 4.69) is 5.18 Å². The van der Waals surface area contributed by atoms with Crippen molar-refractivity contribution in [1.82, 2.24) is 0 Å². The van der Waals surface area contributed by atoms with E-state index in [0.29, 0.717) is 11.0 Å². The summed E-state index contributed by atoms with van der Waals surface area (Å²) >= 11 is 0. The monoisotopic (exact) mass is 241 g/mol. The average molecular weight is 241 g/mol. The highest BCUT2D eigenvalue weighted by atomic mass is 19.1. The molecule has 17 heavy (non-hydrogen) atoms. The van der Waals surface area contributed by atoms with E-state index in [1.807, 2.05) is 0 Å². The van der Waals surface area contributed by atoms with Crippen molar-refractivity contribution in [1.29, 1.82) is 0 Å². The zero-order valence-corrected chi connectivity index (χ0v) is 8.90. The quantitative estimate of drug-likeness (QED) is 0.626. The van der Waals surface area contributed by atoms with Gasteiger partial charge in [-0.2, -0.15) is 4.91 Å². The Morgan fingerprint density at radius 3 is 2.71 bits per heavy atom. The maximum Gasteiger partial charge on any atom is 0.492 e. The lowest BCUT2D eigenvalue weighted by molar-refractivity contribution is 0.0105. The van der Waals surface area contributed by atoms with Crippen LogP contribution in [0.1, 0.15) is 11.1 Å². The van der Waals surface area contributed by atoms with Gasteiger partial charge < -0.3 is 9.68 Å². The Kier molecular flexibility index (Phi) is 3.21. The highest BCUT2D eigenvalue weighted by Crippen LogP contribution is 2.32. The van der Waals surface area contributed by atoms with Crippen molar-refractivity contribution in [2.45, 2.75) is 12.1 Å². The number of rotatable bonds is 4. The molecule has 1 aliphatic rings. The van der Waals surface area contributed by atoms with Gasteiger partial charge in [0.25, 0.3) is 0 Å². The van der Waals surface area contributed by atoms with Gasteiger partial charge in [0.1, 0.15) is 25.5 Å². The van der Waals surface area contributed by atoms with Crippen LogP contribution in [0.2, 0.25) is 0 Å². The van der Waals surface area contributed by atoms with Crippen LogP contribution in [0.25, 0.3) is 0 Å². The maximum absolute atomic E-state index is 13.0. The molecule has 2 rings (SSSR count). The molecule has 0 fully saturated rings. The number of nitrogens with zero attached hydrogens (tertiary/aromatic N) is 1. The predicted molar refractivity (Wildman–Crippen MR) is 58.3 cm³/mol. The van der Waals surface area contributed by atoms with Crippen molar-refractivity contribution in [2.24, 2.45) is 5.18 Å². The normalized spacial score (nSPS) is 17.0. The molecular weight excluding hydrogens is 231 g/mol. The molecule has 1 heterocycles. The molecule has 0 aliphatic carbocycles. The van der Waals surface area contributed by atoms with Crippen LogP contribution >= 0.6 is 0 Å². The lowest BCUT2D eigenvalue weighted by Crippen LogP contribution is -2.33. The number of hydrogen-bond donors (Lipinski definition) is 1. The van der Waals surface area contributed by atoms with Gasteiger partial charge in [-0.05, 0) is 16.6 Å². The van der Waals surface area contributed by atoms with E-state index in [9.17, 15) is 18.7 Å². The van der Waals surface area contributed by atoms with Crippen molar-refractivity contribution < 1.29 is 18.5 Å². The van der Waals surface area contributed by atoms with Gasteiger partial charge in [0.05, 0.1) is 0 Å². The Morgan fingerprint density at radius 2 is 2.12 bits per heavy atom. The first-order chi connectivity index (χ1) is 8.16. The highest BCUT2D eigenvalue weighted by molar-refractivity contribution is 6.62. The van der Waals surface area contributed by atoms with Crippen LogP contribution in [-0.2, 0) is 16.8 Å². The molecule has 1 aromatic rings. The summed E-state index contributed by atoms with van der Waals surface area (Å²) in [6.07, 6.45) is 0. The largest absolute Gasteiger partial charge is 0.492 e. The molecule has 1 N–H and O–H groups in total. The van der Waals surface area contributed by atoms with Gasteiger partial charge in [0, 0.05) is 0 Å². The first kappa shape index (κ1) is 12.1. The lowest BCUT2D eigenvalue weighted by atomic mass is 9.77. The summed E-state index contributed by atoms with van der Waals surface area (Å²) in [4.78, 5) is 10.2. The van der Waals surface area contributed by atoms with Crippen molar-refractivity contribution in [3.63, 3.8) is 0 Å². The molecule has 7 heteroatoms. The first-order valence-electron chi connectivity index (χ1n) is 5.07. The molecule has 0 atom stereocenters. The fourth-order valence-electron chi connectivity index (χ4n) is 1.97. The van der Waals surface area contributed by atoms with Gasteiger partial charge in [-0.3, -0.25) is 0 Å². The third-order valence-corrected chi connectivity index (χ3v) is 2.89. The fraction of sp³-hybridized carbons (Fsp3) is 0.400. The molecule has 0 unspecified atom stereocenters. The van der Waals surface area contributed by atoms with Crippen molar-refractivity contribution >= 4 is 12.6 Å². The fourth-order valence-corrected chi connectivity index (χ4v) is 1.97. The topological polar surface area (TPSA) is 58.9 Å². The Balaban J connectivity index is 2.49. The second-order valence-corrected chi connectivity index (χ2v) is 3.94. The van der Waals surface area contributed by atoms with Crippen molar-refractivity contribution in [2.75, 3.05) is 13.3 Å². The summed E-state index contributed by atoms with van der Waals surface area (Å²) in [5.41, 5.74) is -0.651. The summed E-state index contributed by atoms with van der Waals surface area (Å²) in [6.45, 7) is -2.24. The Labute approximate surface area is 96.7 Å². The standard InChI is InChI=1S/C10H10BF2NO3/c12-5-10(6-13)8-3-7(4-14-16)1-2-9(8)11(15)17-10/h1-3,15H,4-6H2. The van der Waals surface area contributed by atoms with E-state index in [1.54, 1.807) is 6.07 Å². The molecule has 4 nitrogen and oxygen atoms in total. The molecule has 0 amide bonds. The second kappa shape index (κ2) is 4.50. The second-order valence-electron chi connectivity index (χ2n) is 3.94. The summed E-state index contributed by atoms with van der Waals surface area (Å²) in [5, 5.41) is 12.3. The van der Waals surface area contributed by atoms with Crippen molar-refractivity contribution in [3.05, 3.63) is 34.2 Å². The summed E-state index contributed by atoms with van der Waals surface area (Å²) < 4.78 is 30.9. The van der Waals surface area contributed by atoms with Crippen LogP contribution in [0, 0.1) is 4.91 Å². The molecule has 0 bridgehead atoms. The van der Waals surface area contributed by atoms with Gasteiger partial charge in [0.15, 0.2) is 0 Å². The van der Waals surface area contributed by atoms with E-state index >= 15 is 0 Å². The van der Waals surface area contributed by atoms with E-state index in [1.165, 1.54) is 12.1 Å². The van der Waals surface area contributed by atoms with Gasteiger partial charge in [-0.25, -0.2) is 8.78 Å². The van der Waals surface area contributed by atoms with Crippen LogP contribution in [0.5, 0.6) is 0 Å². The Morgan fingerprint density at radius 1 is 1.41 bits per heavy atom. The number of hydrogen-bond acceptors (Lipinski definition) is 4. The number of alkyl halides is 2. The van der Waals surface area contributed by atoms with E-state index in [-0.39, 0.29) is 12.1 Å². The SMILES string of the molecule is O=NCc1ccc2c(c1)C(CF)(CF)OB2O. The number of nitroso groups, excluding NO2 is 1. The molecule has 0 aromatic heterocycles. The van der Waals surface area contributed by atoms with Gasteiger partial charge in [0.2, 0.25) is 0 Å². The average Bonchev–Trinajstić information content (AvgIpc) is 2.63. The van der Waals surface area contributed by atoms with Crippen LogP contribution in [0.4, 0.5) is 8.78 Å². The van der Waals surface area contributed by atoms with E-state index in [4.69, 9.17) is 4.65 Å². The minimum absolute atomic E-state index is 0.0853. The number of benzene rings is 1.